The Balaban J connectivity index is 1.83. The maximum absolute atomic E-state index is 12.3. The third-order valence-electron chi connectivity index (χ3n) is 4.76. The number of carbonyl (C=O) groups is 2. The van der Waals surface area contributed by atoms with Crippen LogP contribution in [0, 0.1) is 13.8 Å². The number of anilines is 1. The molecule has 1 N–H and O–H groups in total. The summed E-state index contributed by atoms with van der Waals surface area (Å²) in [5.74, 6) is 1.30. The van der Waals surface area contributed by atoms with Crippen LogP contribution >= 0.6 is 11.3 Å². The van der Waals surface area contributed by atoms with Crippen LogP contribution in [0.4, 0.5) is 5.82 Å². The van der Waals surface area contributed by atoms with E-state index in [0.29, 0.717) is 30.4 Å². The van der Waals surface area contributed by atoms with Crippen molar-refractivity contribution in [3.63, 3.8) is 0 Å². The van der Waals surface area contributed by atoms with E-state index in [9.17, 15) is 9.59 Å². The van der Waals surface area contributed by atoms with Gasteiger partial charge in [-0.1, -0.05) is 0 Å². The molecule has 1 aliphatic heterocycles. The molecule has 0 saturated carbocycles. The zero-order valence-electron chi connectivity index (χ0n) is 16.9. The molecule has 28 heavy (non-hydrogen) atoms. The van der Waals surface area contributed by atoms with Gasteiger partial charge in [-0.3, -0.25) is 9.69 Å². The van der Waals surface area contributed by atoms with E-state index in [1.165, 1.54) is 11.3 Å². The molecule has 0 spiro atoms. The monoisotopic (exact) mass is 405 g/mol. The van der Waals surface area contributed by atoms with Crippen LogP contribution in [0.2, 0.25) is 0 Å². The summed E-state index contributed by atoms with van der Waals surface area (Å²) in [6.45, 7) is 12.1. The molecule has 0 atom stereocenters. The van der Waals surface area contributed by atoms with Gasteiger partial charge in [-0.2, -0.15) is 0 Å². The van der Waals surface area contributed by atoms with Crippen LogP contribution in [0.15, 0.2) is 0 Å². The number of nitrogens with one attached hydrogen (secondary N) is 1. The van der Waals surface area contributed by atoms with Gasteiger partial charge in [0.15, 0.2) is 0 Å². The minimum Gasteiger partial charge on any atom is -0.462 e. The van der Waals surface area contributed by atoms with Crippen molar-refractivity contribution in [3.8, 4) is 0 Å². The maximum atomic E-state index is 12.3. The molecule has 0 unspecified atom stereocenters. The van der Waals surface area contributed by atoms with Gasteiger partial charge in [-0.05, 0) is 33.3 Å². The standard InChI is InChI=1S/C19H27N5O3S/c1-5-20-14(25)11-23-7-9-24(10-8-23)17-15-12(3)16(19(26)27-6-2)28-18(15)22-13(4)21-17/h5-11H2,1-4H3,(H,20,25). The maximum Gasteiger partial charge on any atom is 0.348 e. The molecule has 3 rings (SSSR count). The number of ether oxygens (including phenoxy) is 1. The van der Waals surface area contributed by atoms with Crippen LogP contribution in [-0.2, 0) is 9.53 Å². The lowest BCUT2D eigenvalue weighted by Gasteiger charge is -2.35. The molecule has 9 heteroatoms. The van der Waals surface area contributed by atoms with E-state index < -0.39 is 0 Å². The molecule has 0 radical (unpaired) electrons. The molecule has 0 bridgehead atoms. The lowest BCUT2D eigenvalue weighted by molar-refractivity contribution is -0.122. The Bertz CT molecular complexity index is 874. The smallest absolute Gasteiger partial charge is 0.348 e. The Morgan fingerprint density at radius 1 is 1.14 bits per heavy atom. The SMILES string of the molecule is CCNC(=O)CN1CCN(c2nc(C)nc3sc(C(=O)OCC)c(C)c23)CC1. The average Bonchev–Trinajstić information content (AvgIpc) is 2.98. The van der Waals surface area contributed by atoms with Gasteiger partial charge in [0.25, 0.3) is 0 Å². The number of likely N-dealkylation sites (N-methyl/N-ethyl adjacent to an activating group) is 1. The van der Waals surface area contributed by atoms with E-state index in [0.717, 1.165) is 47.8 Å². The predicted molar refractivity (Wildman–Crippen MR) is 110 cm³/mol. The molecule has 1 fully saturated rings. The van der Waals surface area contributed by atoms with E-state index in [4.69, 9.17) is 9.72 Å². The zero-order valence-corrected chi connectivity index (χ0v) is 17.7. The number of thiophene rings is 1. The lowest BCUT2D eigenvalue weighted by Crippen LogP contribution is -2.49. The van der Waals surface area contributed by atoms with E-state index in [2.05, 4.69) is 20.1 Å². The first-order chi connectivity index (χ1) is 13.4. The second-order valence-corrected chi connectivity index (χ2v) is 7.77. The van der Waals surface area contributed by atoms with Crippen LogP contribution in [-0.4, -0.2) is 72.6 Å². The first-order valence-electron chi connectivity index (χ1n) is 9.63. The predicted octanol–water partition coefficient (Wildman–Crippen LogP) is 1.74. The molecule has 3 heterocycles. The van der Waals surface area contributed by atoms with Crippen LogP contribution < -0.4 is 10.2 Å². The highest BCUT2D eigenvalue weighted by Gasteiger charge is 2.26. The topological polar surface area (TPSA) is 87.7 Å². The normalized spacial score (nSPS) is 15.1. The van der Waals surface area contributed by atoms with Gasteiger partial charge in [-0.25, -0.2) is 14.8 Å². The number of piperazine rings is 1. The molecule has 8 nitrogen and oxygen atoms in total. The summed E-state index contributed by atoms with van der Waals surface area (Å²) in [5, 5.41) is 3.77. The van der Waals surface area contributed by atoms with Gasteiger partial charge in [0.1, 0.15) is 21.3 Å². The number of carbonyl (C=O) groups excluding carboxylic acids is 2. The van der Waals surface area contributed by atoms with Crippen molar-refractivity contribution < 1.29 is 14.3 Å². The third kappa shape index (κ3) is 4.25. The molecule has 2 aromatic heterocycles. The summed E-state index contributed by atoms with van der Waals surface area (Å²) in [6, 6.07) is 0. The fraction of sp³-hybridized carbons (Fsp3) is 0.579. The number of rotatable bonds is 6. The first-order valence-corrected chi connectivity index (χ1v) is 10.4. The van der Waals surface area contributed by atoms with Crippen molar-refractivity contribution in [2.24, 2.45) is 0 Å². The zero-order chi connectivity index (χ0) is 20.3. The summed E-state index contributed by atoms with van der Waals surface area (Å²) in [6.07, 6.45) is 0. The number of amides is 1. The molecular weight excluding hydrogens is 378 g/mol. The lowest BCUT2D eigenvalue weighted by atomic mass is 10.1. The Morgan fingerprint density at radius 2 is 1.86 bits per heavy atom. The summed E-state index contributed by atoms with van der Waals surface area (Å²) in [5.41, 5.74) is 0.873. The van der Waals surface area contributed by atoms with Crippen molar-refractivity contribution >= 4 is 39.2 Å². The molecule has 1 saturated heterocycles. The van der Waals surface area contributed by atoms with Gasteiger partial charge in [-0.15, -0.1) is 11.3 Å². The van der Waals surface area contributed by atoms with Gasteiger partial charge in [0.05, 0.1) is 18.5 Å². The molecule has 1 aliphatic rings. The first kappa shape index (κ1) is 20.5. The summed E-state index contributed by atoms with van der Waals surface area (Å²) >= 11 is 1.36. The quantitative estimate of drug-likeness (QED) is 0.733. The number of hydrogen-bond acceptors (Lipinski definition) is 8. The van der Waals surface area contributed by atoms with Crippen LogP contribution in [0.5, 0.6) is 0 Å². The summed E-state index contributed by atoms with van der Waals surface area (Å²) < 4.78 is 5.19. The summed E-state index contributed by atoms with van der Waals surface area (Å²) in [4.78, 5) is 39.1. The summed E-state index contributed by atoms with van der Waals surface area (Å²) in [7, 11) is 0. The van der Waals surface area contributed by atoms with Gasteiger partial charge >= 0.3 is 5.97 Å². The average molecular weight is 406 g/mol. The van der Waals surface area contributed by atoms with Crippen molar-refractivity contribution in [1.82, 2.24) is 20.2 Å². The minimum atomic E-state index is -0.307. The van der Waals surface area contributed by atoms with E-state index in [1.54, 1.807) is 6.92 Å². The van der Waals surface area contributed by atoms with E-state index in [1.807, 2.05) is 20.8 Å². The minimum absolute atomic E-state index is 0.0592. The number of nitrogens with zero attached hydrogens (tertiary/aromatic N) is 4. The third-order valence-corrected chi connectivity index (χ3v) is 5.92. The molecule has 2 aromatic rings. The second-order valence-electron chi connectivity index (χ2n) is 6.77. The Morgan fingerprint density at radius 3 is 2.50 bits per heavy atom. The van der Waals surface area contributed by atoms with Crippen LogP contribution in [0.25, 0.3) is 10.2 Å². The fourth-order valence-corrected chi connectivity index (χ4v) is 4.53. The van der Waals surface area contributed by atoms with E-state index >= 15 is 0 Å². The largest absolute Gasteiger partial charge is 0.462 e. The number of aryl methyl sites for hydroxylation is 2. The molecule has 0 aliphatic carbocycles. The van der Waals surface area contributed by atoms with Crippen LogP contribution in [0.3, 0.4) is 0 Å². The Kier molecular flexibility index (Phi) is 6.46. The molecule has 1 amide bonds. The highest BCUT2D eigenvalue weighted by Crippen LogP contribution is 2.36. The van der Waals surface area contributed by atoms with Crippen molar-refractivity contribution in [3.05, 3.63) is 16.3 Å². The second kappa shape index (κ2) is 8.83. The Hall–Kier alpha value is -2.26. The molecule has 152 valence electrons. The number of hydrogen-bond donors (Lipinski definition) is 1. The van der Waals surface area contributed by atoms with Crippen molar-refractivity contribution in [2.75, 3.05) is 50.8 Å². The van der Waals surface area contributed by atoms with Crippen LogP contribution in [0.1, 0.15) is 34.9 Å². The molecular formula is C19H27N5O3S. The highest BCUT2D eigenvalue weighted by atomic mass is 32.1. The molecule has 0 aromatic carbocycles. The number of esters is 1. The van der Waals surface area contributed by atoms with Gasteiger partial charge in [0.2, 0.25) is 5.91 Å². The van der Waals surface area contributed by atoms with Gasteiger partial charge < -0.3 is 15.0 Å². The van der Waals surface area contributed by atoms with Crippen molar-refractivity contribution in [2.45, 2.75) is 27.7 Å². The highest BCUT2D eigenvalue weighted by molar-refractivity contribution is 7.20. The Labute approximate surface area is 168 Å². The van der Waals surface area contributed by atoms with Gasteiger partial charge in [0, 0.05) is 32.7 Å². The number of aromatic nitrogens is 2. The number of fused-ring (bicyclic) bond motifs is 1. The van der Waals surface area contributed by atoms with E-state index in [-0.39, 0.29) is 11.9 Å². The fourth-order valence-electron chi connectivity index (χ4n) is 3.42. The van der Waals surface area contributed by atoms with Crippen molar-refractivity contribution in [1.29, 1.82) is 0 Å².